The van der Waals surface area contributed by atoms with Crippen LogP contribution < -0.4 is 11.1 Å². The molecule has 2 saturated heterocycles. The van der Waals surface area contributed by atoms with Gasteiger partial charge in [0, 0.05) is 11.3 Å². The van der Waals surface area contributed by atoms with Crippen molar-refractivity contribution in [3.8, 4) is 0 Å². The van der Waals surface area contributed by atoms with Crippen LogP contribution in [0.3, 0.4) is 0 Å². The van der Waals surface area contributed by atoms with Crippen molar-refractivity contribution in [3.05, 3.63) is 48.5 Å². The Bertz CT molecular complexity index is 1290. The summed E-state index contributed by atoms with van der Waals surface area (Å²) in [4.78, 5) is 36.7. The summed E-state index contributed by atoms with van der Waals surface area (Å²) in [6.45, 7) is 3.70. The minimum Gasteiger partial charge on any atom is -0.480 e. The average molecular weight is 529 g/mol. The third-order valence-electron chi connectivity index (χ3n) is 6.20. The second-order valence-electron chi connectivity index (χ2n) is 9.30. The summed E-state index contributed by atoms with van der Waals surface area (Å²) in [5.74, 6) is -0.680. The lowest BCUT2D eigenvalue weighted by atomic mass is 10.1. The maximum Gasteiger partial charge on any atom is 0.320 e. The quantitative estimate of drug-likeness (QED) is 0.348. The van der Waals surface area contributed by atoms with Crippen molar-refractivity contribution >= 4 is 40.6 Å². The zero-order valence-corrected chi connectivity index (χ0v) is 21.1. The van der Waals surface area contributed by atoms with Crippen LogP contribution in [0.1, 0.15) is 36.9 Å². The highest BCUT2D eigenvalue weighted by Gasteiger charge is 2.56. The third kappa shape index (κ3) is 5.31. The minimum absolute atomic E-state index is 0.290. The molecule has 1 amide bonds. The lowest BCUT2D eigenvalue weighted by molar-refractivity contribution is -0.193. The van der Waals surface area contributed by atoms with E-state index in [-0.39, 0.29) is 23.9 Å². The third-order valence-corrected chi connectivity index (χ3v) is 7.29. The number of carboxylic acid groups (broad SMARTS) is 1. The van der Waals surface area contributed by atoms with E-state index in [2.05, 4.69) is 20.3 Å². The Labute approximate surface area is 216 Å². The van der Waals surface area contributed by atoms with E-state index in [1.807, 2.05) is 19.9 Å². The van der Waals surface area contributed by atoms with Crippen LogP contribution in [0.15, 0.2) is 43.0 Å². The number of aromatic nitrogens is 4. The number of rotatable bonds is 9. The molecule has 4 N–H and O–H groups in total. The van der Waals surface area contributed by atoms with E-state index in [0.29, 0.717) is 34.7 Å². The zero-order chi connectivity index (χ0) is 26.2. The number of hydrogen-bond donors (Lipinski definition) is 3. The van der Waals surface area contributed by atoms with Crippen molar-refractivity contribution in [2.45, 2.75) is 56.6 Å². The van der Waals surface area contributed by atoms with Gasteiger partial charge in [0.15, 0.2) is 29.0 Å². The number of nitrogens with two attached hydrogens (primary N) is 1. The number of ether oxygens (including phenoxy) is 3. The first-order valence-electron chi connectivity index (χ1n) is 11.8. The van der Waals surface area contributed by atoms with Gasteiger partial charge in [-0.1, -0.05) is 18.2 Å². The molecule has 0 bridgehead atoms. The van der Waals surface area contributed by atoms with Crippen LogP contribution in [0.5, 0.6) is 0 Å². The van der Waals surface area contributed by atoms with Gasteiger partial charge in [-0.2, -0.15) is 11.8 Å². The van der Waals surface area contributed by atoms with Crippen LogP contribution in [0.25, 0.3) is 11.2 Å². The van der Waals surface area contributed by atoms with Crippen molar-refractivity contribution in [3.63, 3.8) is 0 Å². The number of carbonyl (C=O) groups is 2. The number of carbonyl (C=O) groups excluding carboxylic acids is 1. The molecule has 0 spiro atoms. The van der Waals surface area contributed by atoms with Crippen molar-refractivity contribution < 1.29 is 28.9 Å². The molecule has 2 aliphatic rings. The molecule has 3 aromatic rings. The number of carboxylic acids is 1. The lowest BCUT2D eigenvalue weighted by Gasteiger charge is -2.24. The van der Waals surface area contributed by atoms with Crippen LogP contribution in [0, 0.1) is 0 Å². The van der Waals surface area contributed by atoms with Crippen LogP contribution >= 0.6 is 11.8 Å². The van der Waals surface area contributed by atoms with Crippen molar-refractivity contribution in [1.82, 2.24) is 19.5 Å². The predicted octanol–water partition coefficient (Wildman–Crippen LogP) is 2.03. The maximum atomic E-state index is 12.7. The van der Waals surface area contributed by atoms with Crippen LogP contribution in [-0.2, 0) is 19.0 Å². The smallest absolute Gasteiger partial charge is 0.320 e. The van der Waals surface area contributed by atoms with Gasteiger partial charge in [-0.25, -0.2) is 15.0 Å². The van der Waals surface area contributed by atoms with Crippen LogP contribution in [0.4, 0.5) is 5.82 Å². The van der Waals surface area contributed by atoms with E-state index in [9.17, 15) is 9.59 Å². The molecular formula is C24H28N6O6S. The van der Waals surface area contributed by atoms with E-state index in [1.54, 1.807) is 46.9 Å². The van der Waals surface area contributed by atoms with Gasteiger partial charge < -0.3 is 30.4 Å². The molecule has 2 fully saturated rings. The molecule has 5 atom stereocenters. The van der Waals surface area contributed by atoms with E-state index in [4.69, 9.17) is 25.1 Å². The first-order chi connectivity index (χ1) is 17.7. The Kier molecular flexibility index (Phi) is 7.14. The van der Waals surface area contributed by atoms with Crippen molar-refractivity contribution in [2.24, 2.45) is 5.73 Å². The highest BCUT2D eigenvalue weighted by molar-refractivity contribution is 7.99. The number of thioether (sulfide) groups is 1. The Hall–Kier alpha value is -3.10. The normalized spacial score (nSPS) is 25.2. The summed E-state index contributed by atoms with van der Waals surface area (Å²) >= 11 is 1.55. The molecule has 2 aliphatic heterocycles. The van der Waals surface area contributed by atoms with Gasteiger partial charge in [0.2, 0.25) is 0 Å². The fourth-order valence-electron chi connectivity index (χ4n) is 4.45. The fraction of sp³-hybridized carbons (Fsp3) is 0.458. The Balaban J connectivity index is 1.34. The second-order valence-corrected chi connectivity index (χ2v) is 10.5. The first-order valence-corrected chi connectivity index (χ1v) is 13.0. The van der Waals surface area contributed by atoms with Gasteiger partial charge >= 0.3 is 5.97 Å². The molecular weight excluding hydrogens is 500 g/mol. The second kappa shape index (κ2) is 10.3. The number of nitrogens with one attached hydrogen (secondary N) is 1. The molecule has 1 aromatic carbocycles. The average Bonchev–Trinajstić information content (AvgIpc) is 3.53. The molecule has 0 aliphatic carbocycles. The molecule has 0 saturated carbocycles. The fourth-order valence-corrected chi connectivity index (χ4v) is 5.54. The molecule has 2 aromatic heterocycles. The highest BCUT2D eigenvalue weighted by Crippen LogP contribution is 2.44. The Morgan fingerprint density at radius 2 is 1.95 bits per heavy atom. The van der Waals surface area contributed by atoms with E-state index in [0.717, 1.165) is 0 Å². The van der Waals surface area contributed by atoms with E-state index < -0.39 is 30.1 Å². The predicted molar refractivity (Wildman–Crippen MR) is 135 cm³/mol. The molecule has 5 rings (SSSR count). The summed E-state index contributed by atoms with van der Waals surface area (Å²) < 4.78 is 20.5. The number of nitrogens with zero attached hydrogens (tertiary/aromatic N) is 4. The number of anilines is 1. The standard InChI is InChI=1S/C24H28N6O6S/c1-24(2)35-17-15(10-37-9-8-14(25)23(32)33)34-22(18(17)36-24)30-12-28-16-19(26-11-27-20(16)30)29-21(31)13-6-4-3-5-7-13/h3-7,11-12,14-15,17-18,22H,8-10,25H2,1-2H3,(H,32,33)(H,26,27,29,31)/t14-,15+,17+,18+,22+/m0/s1. The number of amides is 1. The van der Waals surface area contributed by atoms with Gasteiger partial charge in [0.1, 0.15) is 24.6 Å². The Morgan fingerprint density at radius 3 is 2.70 bits per heavy atom. The summed E-state index contributed by atoms with van der Waals surface area (Å²) in [5, 5.41) is 11.8. The molecule has 0 unspecified atom stereocenters. The molecule has 4 heterocycles. The zero-order valence-electron chi connectivity index (χ0n) is 20.3. The summed E-state index contributed by atoms with van der Waals surface area (Å²) in [7, 11) is 0. The number of hydrogen-bond acceptors (Lipinski definition) is 10. The molecule has 0 radical (unpaired) electrons. The van der Waals surface area contributed by atoms with E-state index in [1.165, 1.54) is 6.33 Å². The van der Waals surface area contributed by atoms with Gasteiger partial charge in [0.05, 0.1) is 12.4 Å². The summed E-state index contributed by atoms with van der Waals surface area (Å²) in [5.41, 5.74) is 7.01. The maximum absolute atomic E-state index is 12.7. The molecule has 13 heteroatoms. The Morgan fingerprint density at radius 1 is 1.19 bits per heavy atom. The molecule has 37 heavy (non-hydrogen) atoms. The monoisotopic (exact) mass is 528 g/mol. The summed E-state index contributed by atoms with van der Waals surface area (Å²) in [6, 6.07) is 7.94. The van der Waals surface area contributed by atoms with Gasteiger partial charge in [-0.3, -0.25) is 14.2 Å². The van der Waals surface area contributed by atoms with E-state index >= 15 is 0 Å². The van der Waals surface area contributed by atoms with Crippen LogP contribution in [-0.4, -0.2) is 78.1 Å². The first kappa shape index (κ1) is 25.5. The minimum atomic E-state index is -1.01. The number of aliphatic carboxylic acids is 1. The topological polar surface area (TPSA) is 164 Å². The number of benzene rings is 1. The largest absolute Gasteiger partial charge is 0.480 e. The highest BCUT2D eigenvalue weighted by atomic mass is 32.2. The number of fused-ring (bicyclic) bond motifs is 2. The van der Waals surface area contributed by atoms with Crippen molar-refractivity contribution in [1.29, 1.82) is 0 Å². The molecule has 196 valence electrons. The van der Waals surface area contributed by atoms with Crippen molar-refractivity contribution in [2.75, 3.05) is 16.8 Å². The summed E-state index contributed by atoms with van der Waals surface area (Å²) in [6.07, 6.45) is 1.68. The lowest BCUT2D eigenvalue weighted by Crippen LogP contribution is -2.32. The number of imidazole rings is 1. The SMILES string of the molecule is CC1(C)O[C@@H]2[C@H](O1)[C@@H](CSCC[C@H](N)C(=O)O)O[C@H]2n1cnc2c(NC(=O)c3ccccc3)ncnc21. The van der Waals surface area contributed by atoms with Crippen LogP contribution in [0.2, 0.25) is 0 Å². The molecule has 12 nitrogen and oxygen atoms in total. The van der Waals surface area contributed by atoms with Gasteiger partial charge in [-0.05, 0) is 38.2 Å². The van der Waals surface area contributed by atoms with Gasteiger partial charge in [-0.15, -0.1) is 0 Å². The van der Waals surface area contributed by atoms with Gasteiger partial charge in [0.25, 0.3) is 5.91 Å².